The van der Waals surface area contributed by atoms with Gasteiger partial charge in [-0.1, -0.05) is 18.2 Å². The van der Waals surface area contributed by atoms with Gasteiger partial charge in [0.2, 0.25) is 0 Å². The summed E-state index contributed by atoms with van der Waals surface area (Å²) in [7, 11) is 0. The van der Waals surface area contributed by atoms with Crippen molar-refractivity contribution in [3.05, 3.63) is 76.0 Å². The van der Waals surface area contributed by atoms with E-state index < -0.39 is 0 Å². The van der Waals surface area contributed by atoms with Gasteiger partial charge in [-0.2, -0.15) is 0 Å². The van der Waals surface area contributed by atoms with Crippen LogP contribution < -0.4 is 4.90 Å². The Morgan fingerprint density at radius 2 is 1.56 bits per heavy atom. The van der Waals surface area contributed by atoms with Crippen LogP contribution in [0, 0.1) is 13.8 Å². The lowest BCUT2D eigenvalue weighted by molar-refractivity contribution is 0.866. The highest BCUT2D eigenvalue weighted by molar-refractivity contribution is 9.10. The molecule has 0 amide bonds. The molecule has 3 rings (SSSR count). The van der Waals surface area contributed by atoms with Crippen LogP contribution in [0.4, 0.5) is 11.4 Å². The minimum atomic E-state index is 0.960. The predicted octanol–water partition coefficient (Wildman–Crippen LogP) is 6.45. The SMILES string of the molecule is CCN(CC)c1ccc(N=Cc2c(Br)c(C)n(-c3ccccc3)c2C)cc1. The highest BCUT2D eigenvalue weighted by Crippen LogP contribution is 2.30. The van der Waals surface area contributed by atoms with Gasteiger partial charge in [0.05, 0.1) is 5.69 Å². The van der Waals surface area contributed by atoms with E-state index in [0.717, 1.165) is 34.5 Å². The van der Waals surface area contributed by atoms with Crippen molar-refractivity contribution in [1.29, 1.82) is 0 Å². The van der Waals surface area contributed by atoms with Crippen LogP contribution in [-0.2, 0) is 0 Å². The van der Waals surface area contributed by atoms with Crippen molar-refractivity contribution < 1.29 is 0 Å². The number of aromatic nitrogens is 1. The Morgan fingerprint density at radius 1 is 0.926 bits per heavy atom. The molecule has 0 saturated heterocycles. The van der Waals surface area contributed by atoms with Crippen molar-refractivity contribution in [3.63, 3.8) is 0 Å². The van der Waals surface area contributed by atoms with E-state index in [1.807, 2.05) is 12.3 Å². The molecule has 0 atom stereocenters. The molecule has 0 fully saturated rings. The third kappa shape index (κ3) is 4.01. The third-order valence-electron chi connectivity index (χ3n) is 4.95. The largest absolute Gasteiger partial charge is 0.372 e. The molecular formula is C23H26BrN3. The quantitative estimate of drug-likeness (QED) is 0.416. The summed E-state index contributed by atoms with van der Waals surface area (Å²) in [6.07, 6.45) is 1.96. The van der Waals surface area contributed by atoms with Gasteiger partial charge in [0.1, 0.15) is 0 Å². The second-order valence-corrected chi connectivity index (χ2v) is 7.31. The average molecular weight is 424 g/mol. The molecule has 3 nitrogen and oxygen atoms in total. The second-order valence-electron chi connectivity index (χ2n) is 6.52. The maximum atomic E-state index is 4.71. The van der Waals surface area contributed by atoms with E-state index in [0.29, 0.717) is 0 Å². The van der Waals surface area contributed by atoms with Crippen LogP contribution in [-0.4, -0.2) is 23.9 Å². The van der Waals surface area contributed by atoms with Crippen LogP contribution in [0.3, 0.4) is 0 Å². The summed E-state index contributed by atoms with van der Waals surface area (Å²) >= 11 is 3.75. The van der Waals surface area contributed by atoms with Gasteiger partial charge in [0.25, 0.3) is 0 Å². The van der Waals surface area contributed by atoms with Crippen LogP contribution in [0.5, 0.6) is 0 Å². The summed E-state index contributed by atoms with van der Waals surface area (Å²) in [6.45, 7) is 10.6. The molecule has 0 radical (unpaired) electrons. The van der Waals surface area contributed by atoms with Gasteiger partial charge in [0, 0.05) is 52.1 Å². The lowest BCUT2D eigenvalue weighted by Crippen LogP contribution is -2.21. The van der Waals surface area contributed by atoms with Gasteiger partial charge in [-0.05, 0) is 80.0 Å². The van der Waals surface area contributed by atoms with Crippen LogP contribution in [0.2, 0.25) is 0 Å². The van der Waals surface area contributed by atoms with E-state index in [1.165, 1.54) is 17.1 Å². The highest BCUT2D eigenvalue weighted by atomic mass is 79.9. The lowest BCUT2D eigenvalue weighted by Gasteiger charge is -2.20. The zero-order chi connectivity index (χ0) is 19.4. The van der Waals surface area contributed by atoms with Crippen molar-refractivity contribution in [2.45, 2.75) is 27.7 Å². The molecular weight excluding hydrogens is 398 g/mol. The summed E-state index contributed by atoms with van der Waals surface area (Å²) in [5, 5.41) is 0. The monoisotopic (exact) mass is 423 g/mol. The van der Waals surface area contributed by atoms with Crippen LogP contribution >= 0.6 is 15.9 Å². The zero-order valence-electron chi connectivity index (χ0n) is 16.4. The van der Waals surface area contributed by atoms with Crippen LogP contribution in [0.25, 0.3) is 5.69 Å². The van der Waals surface area contributed by atoms with Crippen molar-refractivity contribution in [2.24, 2.45) is 4.99 Å². The number of para-hydroxylation sites is 1. The molecule has 3 aromatic rings. The molecule has 0 unspecified atom stereocenters. The lowest BCUT2D eigenvalue weighted by atomic mass is 10.2. The molecule has 140 valence electrons. The van der Waals surface area contributed by atoms with Crippen molar-refractivity contribution >= 4 is 33.5 Å². The average Bonchev–Trinajstić information content (AvgIpc) is 2.91. The zero-order valence-corrected chi connectivity index (χ0v) is 18.0. The molecule has 0 bridgehead atoms. The van der Waals surface area contributed by atoms with Crippen LogP contribution in [0.15, 0.2) is 64.1 Å². The fourth-order valence-electron chi connectivity index (χ4n) is 3.42. The summed E-state index contributed by atoms with van der Waals surface area (Å²) in [6, 6.07) is 18.9. The first-order valence-corrected chi connectivity index (χ1v) is 10.2. The maximum Gasteiger partial charge on any atom is 0.0631 e. The first-order valence-electron chi connectivity index (χ1n) is 9.38. The van der Waals surface area contributed by atoms with E-state index in [4.69, 9.17) is 4.99 Å². The minimum Gasteiger partial charge on any atom is -0.372 e. The van der Waals surface area contributed by atoms with Crippen molar-refractivity contribution in [2.75, 3.05) is 18.0 Å². The molecule has 4 heteroatoms. The molecule has 27 heavy (non-hydrogen) atoms. The maximum absolute atomic E-state index is 4.71. The summed E-state index contributed by atoms with van der Waals surface area (Å²) in [5.41, 5.74) is 6.83. The minimum absolute atomic E-state index is 0.960. The van der Waals surface area contributed by atoms with Gasteiger partial charge in [-0.15, -0.1) is 0 Å². The number of aliphatic imine (C=N–C) groups is 1. The molecule has 0 aliphatic rings. The number of hydrogen-bond acceptors (Lipinski definition) is 2. The first-order chi connectivity index (χ1) is 13.1. The third-order valence-corrected chi connectivity index (χ3v) is 5.95. The number of hydrogen-bond donors (Lipinski definition) is 0. The summed E-state index contributed by atoms with van der Waals surface area (Å²) in [4.78, 5) is 7.04. The van der Waals surface area contributed by atoms with Crippen molar-refractivity contribution in [3.8, 4) is 5.69 Å². The standard InChI is InChI=1S/C23H26BrN3/c1-5-26(6-2)20-14-12-19(13-15-20)25-16-22-17(3)27(18(4)23(22)24)21-10-8-7-9-11-21/h7-16H,5-6H2,1-4H3. The van der Waals surface area contributed by atoms with Gasteiger partial charge in [-0.3, -0.25) is 4.99 Å². The van der Waals surface area contributed by atoms with Gasteiger partial charge in [0.15, 0.2) is 0 Å². The molecule has 2 aromatic carbocycles. The highest BCUT2D eigenvalue weighted by Gasteiger charge is 2.15. The van der Waals surface area contributed by atoms with Gasteiger partial charge in [-0.25, -0.2) is 0 Å². The van der Waals surface area contributed by atoms with E-state index in [1.54, 1.807) is 0 Å². The Labute approximate surface area is 170 Å². The molecule has 0 aliphatic heterocycles. The first kappa shape index (κ1) is 19.4. The van der Waals surface area contributed by atoms with E-state index in [9.17, 15) is 0 Å². The summed E-state index contributed by atoms with van der Waals surface area (Å²) in [5.74, 6) is 0. The number of benzene rings is 2. The number of anilines is 1. The fraction of sp³-hybridized carbons (Fsp3) is 0.261. The molecule has 0 aliphatic carbocycles. The van der Waals surface area contributed by atoms with E-state index >= 15 is 0 Å². The molecule has 0 saturated carbocycles. The van der Waals surface area contributed by atoms with Crippen molar-refractivity contribution in [1.82, 2.24) is 4.57 Å². The Kier molecular flexibility index (Phi) is 6.17. The molecule has 0 N–H and O–H groups in total. The van der Waals surface area contributed by atoms with Gasteiger partial charge < -0.3 is 9.47 Å². The Hall–Kier alpha value is -2.33. The number of nitrogens with zero attached hydrogens (tertiary/aromatic N) is 3. The second kappa shape index (κ2) is 8.57. The van der Waals surface area contributed by atoms with E-state index in [-0.39, 0.29) is 0 Å². The Balaban J connectivity index is 1.90. The smallest absolute Gasteiger partial charge is 0.0631 e. The number of rotatable bonds is 6. The Bertz CT molecular complexity index is 921. The van der Waals surface area contributed by atoms with E-state index in [2.05, 4.69) is 102 Å². The number of halogens is 1. The van der Waals surface area contributed by atoms with Crippen LogP contribution in [0.1, 0.15) is 30.8 Å². The Morgan fingerprint density at radius 3 is 2.15 bits per heavy atom. The predicted molar refractivity (Wildman–Crippen MR) is 120 cm³/mol. The molecule has 1 heterocycles. The van der Waals surface area contributed by atoms with Gasteiger partial charge >= 0.3 is 0 Å². The topological polar surface area (TPSA) is 20.5 Å². The summed E-state index contributed by atoms with van der Waals surface area (Å²) < 4.78 is 3.35. The molecule has 0 spiro atoms. The fourth-order valence-corrected chi connectivity index (χ4v) is 3.98. The normalized spacial score (nSPS) is 11.3. The molecule has 1 aromatic heterocycles.